The van der Waals surface area contributed by atoms with Gasteiger partial charge in [-0.05, 0) is 97.2 Å². The van der Waals surface area contributed by atoms with Crippen molar-refractivity contribution in [1.82, 2.24) is 46.4 Å². The van der Waals surface area contributed by atoms with Gasteiger partial charge in [0.1, 0.15) is 30.2 Å². The summed E-state index contributed by atoms with van der Waals surface area (Å²) in [6.07, 6.45) is 6.33. The van der Waals surface area contributed by atoms with Gasteiger partial charge in [0.05, 0.1) is 36.8 Å². The minimum Gasteiger partial charge on any atom is -0.478 e. The predicted molar refractivity (Wildman–Crippen MR) is 272 cm³/mol. The van der Waals surface area contributed by atoms with Crippen LogP contribution in [0, 0.1) is 0 Å². The number of aliphatic hydroxyl groups excluding tert-OH is 1. The number of nitrogens with two attached hydrogens (primary N) is 7. The number of Topliss-reactive ketones (excluding diaryl/α,β-unsaturated/α-hetero) is 1. The highest BCUT2D eigenvalue weighted by Crippen LogP contribution is 2.21. The van der Waals surface area contributed by atoms with E-state index >= 15 is 0 Å². The Bertz CT molecular complexity index is 2080. The number of likely N-dealkylation sites (tertiary alicyclic amines) is 1. The van der Waals surface area contributed by atoms with Crippen LogP contribution in [0.3, 0.4) is 0 Å². The topological polar surface area (TPSA) is 482 Å². The van der Waals surface area contributed by atoms with Gasteiger partial charge in [-0.25, -0.2) is 9.78 Å². The van der Waals surface area contributed by atoms with Crippen molar-refractivity contribution in [3.63, 3.8) is 0 Å². The molecule has 0 unspecified atom stereocenters. The van der Waals surface area contributed by atoms with Gasteiger partial charge >= 0.3 is 5.97 Å². The largest absolute Gasteiger partial charge is 0.478 e. The summed E-state index contributed by atoms with van der Waals surface area (Å²) in [6.45, 7) is 1.38. The lowest BCUT2D eigenvalue weighted by atomic mass is 9.98. The fourth-order valence-corrected chi connectivity index (χ4v) is 7.89. The fourth-order valence-electron chi connectivity index (χ4n) is 7.89. The van der Waals surface area contributed by atoms with Crippen molar-refractivity contribution >= 4 is 59.1 Å². The molecule has 2 rings (SSSR count). The molecule has 1 aliphatic heterocycles. The number of hydrogen-bond donors (Lipinski definition) is 15. The summed E-state index contributed by atoms with van der Waals surface area (Å²) < 4.78 is 1.65. The van der Waals surface area contributed by atoms with Crippen molar-refractivity contribution in [3.05, 3.63) is 29.9 Å². The fraction of sp³-hybridized carbons (Fsp3) is 0.674. The van der Waals surface area contributed by atoms with Crippen LogP contribution >= 0.6 is 0 Å². The number of unbranched alkanes of at least 4 members (excludes halogenated alkanes) is 2. The van der Waals surface area contributed by atoms with E-state index in [4.69, 9.17) is 40.1 Å². The van der Waals surface area contributed by atoms with Crippen LogP contribution in [-0.2, 0) is 56.6 Å². The number of hydrogen-bond acceptors (Lipinski definition) is 17. The van der Waals surface area contributed by atoms with Crippen molar-refractivity contribution in [2.75, 3.05) is 45.8 Å². The maximum absolute atomic E-state index is 14.2. The Morgan fingerprint density at radius 3 is 2.08 bits per heavy atom. The number of rotatable bonds is 36. The van der Waals surface area contributed by atoms with Crippen molar-refractivity contribution in [2.45, 2.75) is 145 Å². The molecule has 0 radical (unpaired) electrons. The molecule has 0 saturated carbocycles. The molecule has 74 heavy (non-hydrogen) atoms. The van der Waals surface area contributed by atoms with Crippen molar-refractivity contribution < 1.29 is 53.4 Å². The number of carboxylic acids is 1. The standard InChI is InChI=1S/C46H81N17O11/c1-27(57-43(71)38(36(65)23-50)61-40(68)30(51)11-3-5-17-47)39(67)55-24-37(66)58-32(13-7-19-49)44(72)63-21-9-14-34(63)42(70)60-33(22-29-25-62(2)26-56-29)41(69)59-31(12-4-6-18-48)35(64)16-15-28(45(73)74)10-8-20-54-46(52)53/h10,25-27,30-34,36,38,65H,3-9,11-24,47-51H2,1-2H3,(H,55,67)(H,57,71)(H,58,66)(H,59,69)(H,60,70)(H,61,68)(H,73,74)(H4,52,53,54)/b28-10+/t27-,30-,31-,32+,33-,34-,36-,38-/m0/s1. The summed E-state index contributed by atoms with van der Waals surface area (Å²) in [7, 11) is 1.72. The molecule has 0 spiro atoms. The number of aromatic nitrogens is 2. The minimum absolute atomic E-state index is 0.0339. The van der Waals surface area contributed by atoms with Crippen LogP contribution in [0.25, 0.3) is 0 Å². The molecule has 1 aromatic heterocycles. The number of carboxylic acid groups (broad SMARTS) is 1. The molecule has 1 saturated heterocycles. The van der Waals surface area contributed by atoms with Crippen LogP contribution < -0.4 is 72.0 Å². The van der Waals surface area contributed by atoms with Crippen LogP contribution in [0.1, 0.15) is 96.1 Å². The van der Waals surface area contributed by atoms with Crippen LogP contribution in [0.4, 0.5) is 0 Å². The van der Waals surface area contributed by atoms with Crippen molar-refractivity contribution in [2.24, 2.45) is 52.2 Å². The molecular formula is C46H81N17O11. The van der Waals surface area contributed by atoms with Gasteiger partial charge in [0.15, 0.2) is 11.7 Å². The number of aliphatic carboxylic acids is 1. The van der Waals surface area contributed by atoms with Gasteiger partial charge in [0.25, 0.3) is 0 Å². The number of amides is 7. The van der Waals surface area contributed by atoms with Crippen molar-refractivity contribution in [1.29, 1.82) is 0 Å². The zero-order chi connectivity index (χ0) is 55.3. The Morgan fingerprint density at radius 1 is 0.811 bits per heavy atom. The minimum atomic E-state index is -1.56. The van der Waals surface area contributed by atoms with Crippen LogP contribution in [0.15, 0.2) is 29.2 Å². The zero-order valence-electron chi connectivity index (χ0n) is 42.6. The van der Waals surface area contributed by atoms with Gasteiger partial charge < -0.3 is 91.7 Å². The van der Waals surface area contributed by atoms with Gasteiger partial charge in [-0.15, -0.1) is 0 Å². The number of imidazole rings is 1. The number of carbonyl (C=O) groups is 9. The molecule has 1 aliphatic rings. The zero-order valence-corrected chi connectivity index (χ0v) is 42.6. The molecule has 7 amide bonds. The van der Waals surface area contributed by atoms with Gasteiger partial charge in [0, 0.05) is 51.3 Å². The normalized spacial score (nSPS) is 16.3. The first-order valence-corrected chi connectivity index (χ1v) is 25.0. The second kappa shape index (κ2) is 34.0. The quantitative estimate of drug-likeness (QED) is 0.0129. The molecule has 0 aromatic carbocycles. The third-order valence-corrected chi connectivity index (χ3v) is 12.0. The highest BCUT2D eigenvalue weighted by molar-refractivity contribution is 5.98. The molecule has 1 aromatic rings. The van der Waals surface area contributed by atoms with Crippen LogP contribution in [-0.4, -0.2) is 178 Å². The number of nitrogens with one attached hydrogen (secondary N) is 6. The van der Waals surface area contributed by atoms with E-state index in [1.165, 1.54) is 24.2 Å². The van der Waals surface area contributed by atoms with Gasteiger partial charge in [0.2, 0.25) is 41.4 Å². The molecule has 22 N–H and O–H groups in total. The van der Waals surface area contributed by atoms with Crippen LogP contribution in [0.2, 0.25) is 0 Å². The number of guanidine groups is 1. The van der Waals surface area contributed by atoms with E-state index in [0.717, 1.165) is 0 Å². The first kappa shape index (κ1) is 63.5. The van der Waals surface area contributed by atoms with E-state index in [0.29, 0.717) is 50.9 Å². The summed E-state index contributed by atoms with van der Waals surface area (Å²) in [5.41, 5.74) is 39.6. The summed E-state index contributed by atoms with van der Waals surface area (Å²) in [5.74, 6) is -7.14. The van der Waals surface area contributed by atoms with E-state index in [2.05, 4.69) is 41.9 Å². The molecule has 28 nitrogen and oxygen atoms in total. The lowest BCUT2D eigenvalue weighted by molar-refractivity contribution is -0.142. The van der Waals surface area contributed by atoms with E-state index < -0.39 is 115 Å². The number of carbonyl (C=O) groups excluding carboxylic acids is 8. The third-order valence-electron chi connectivity index (χ3n) is 12.0. The number of aliphatic imine (C=N–C) groups is 1. The highest BCUT2D eigenvalue weighted by atomic mass is 16.4. The van der Waals surface area contributed by atoms with Crippen molar-refractivity contribution in [3.8, 4) is 0 Å². The number of aryl methyl sites for hydroxylation is 1. The second-order valence-corrected chi connectivity index (χ2v) is 18.1. The van der Waals surface area contributed by atoms with E-state index in [9.17, 15) is 53.4 Å². The van der Waals surface area contributed by atoms with Gasteiger partial charge in [-0.2, -0.15) is 0 Å². The summed E-state index contributed by atoms with van der Waals surface area (Å²) >= 11 is 0. The Labute approximate surface area is 430 Å². The van der Waals surface area contributed by atoms with E-state index in [1.54, 1.807) is 17.8 Å². The maximum Gasteiger partial charge on any atom is 0.331 e. The number of nitrogens with zero attached hydrogens (tertiary/aromatic N) is 4. The second-order valence-electron chi connectivity index (χ2n) is 18.1. The lowest BCUT2D eigenvalue weighted by Crippen LogP contribution is -2.60. The van der Waals surface area contributed by atoms with E-state index in [1.807, 2.05) is 0 Å². The third kappa shape index (κ3) is 22.7. The Hall–Kier alpha value is -6.59. The summed E-state index contributed by atoms with van der Waals surface area (Å²) in [4.78, 5) is 130. The Morgan fingerprint density at radius 2 is 1.47 bits per heavy atom. The molecule has 416 valence electrons. The Balaban J connectivity index is 2.21. The molecule has 0 aliphatic carbocycles. The molecule has 0 bridgehead atoms. The Kier molecular flexibility index (Phi) is 29.2. The molecule has 28 heteroatoms. The SMILES string of the molecule is C[C@H](NC(=O)[C@@H](NC(=O)[C@@H](N)CCCCN)[C@@H](O)CN)C(=O)NCC(=O)N[C@H](CCCN)C(=O)N1CCC[C@H]1C(=O)N[C@@H](Cc1cn(C)cn1)C(=O)N[C@@H](CCCCN)C(=O)CC/C(=C\CCN=C(N)N)C(=O)O. The number of ketones is 1. The molecular weight excluding hydrogens is 967 g/mol. The monoisotopic (exact) mass is 1050 g/mol. The van der Waals surface area contributed by atoms with E-state index in [-0.39, 0.29) is 89.0 Å². The summed E-state index contributed by atoms with van der Waals surface area (Å²) in [5, 5.41) is 35.4. The predicted octanol–water partition coefficient (Wildman–Crippen LogP) is -5.82. The average Bonchev–Trinajstić information content (AvgIpc) is 4.03. The van der Waals surface area contributed by atoms with Gasteiger partial charge in [-0.3, -0.25) is 43.3 Å². The highest BCUT2D eigenvalue weighted by Gasteiger charge is 2.39. The summed E-state index contributed by atoms with van der Waals surface area (Å²) in [6, 6.07) is -8.48. The molecule has 1 fully saturated rings. The smallest absolute Gasteiger partial charge is 0.331 e. The first-order chi connectivity index (χ1) is 35.2. The molecule has 2 heterocycles. The van der Waals surface area contributed by atoms with Crippen LogP contribution in [0.5, 0.6) is 0 Å². The van der Waals surface area contributed by atoms with Gasteiger partial charge in [-0.1, -0.05) is 12.5 Å². The number of aliphatic hydroxyl groups is 1. The maximum atomic E-state index is 14.2. The molecule has 8 atom stereocenters. The lowest BCUT2D eigenvalue weighted by Gasteiger charge is -2.30. The first-order valence-electron chi connectivity index (χ1n) is 25.0. The average molecular weight is 1050 g/mol.